The van der Waals surface area contributed by atoms with Crippen LogP contribution in [0.3, 0.4) is 0 Å². The summed E-state index contributed by atoms with van der Waals surface area (Å²) in [7, 11) is 0. The number of benzene rings is 1. The van der Waals surface area contributed by atoms with Gasteiger partial charge in [0.15, 0.2) is 6.04 Å². The molecule has 1 aromatic rings. The van der Waals surface area contributed by atoms with Crippen LogP contribution in [-0.2, 0) is 9.53 Å². The summed E-state index contributed by atoms with van der Waals surface area (Å²) in [6.45, 7) is 3.34. The Kier molecular flexibility index (Phi) is 7.42. The van der Waals surface area contributed by atoms with Crippen molar-refractivity contribution >= 4 is 24.2 Å². The molecule has 0 saturated heterocycles. The van der Waals surface area contributed by atoms with Gasteiger partial charge >= 0.3 is 18.2 Å². The van der Waals surface area contributed by atoms with E-state index in [1.165, 1.54) is 19.1 Å². The lowest BCUT2D eigenvalue weighted by Gasteiger charge is -2.28. The second kappa shape index (κ2) is 9.28. The Hall–Kier alpha value is -3.07. The Morgan fingerprint density at radius 3 is 2.32 bits per heavy atom. The Morgan fingerprint density at radius 1 is 1.24 bits per heavy atom. The highest BCUT2D eigenvalue weighted by Crippen LogP contribution is 2.11. The van der Waals surface area contributed by atoms with E-state index in [0.29, 0.717) is 5.56 Å². The number of hydrazine groups is 1. The number of ether oxygens (including phenoxy) is 1. The normalized spacial score (nSPS) is 13.1. The van der Waals surface area contributed by atoms with Gasteiger partial charge in [-0.3, -0.25) is 0 Å². The third-order valence-electron chi connectivity index (χ3n) is 3.12. The molecule has 9 heteroatoms. The average molecular weight is 352 g/mol. The van der Waals surface area contributed by atoms with Crippen LogP contribution in [-0.4, -0.2) is 57.2 Å². The van der Waals surface area contributed by atoms with E-state index < -0.39 is 30.3 Å². The van der Waals surface area contributed by atoms with Crippen LogP contribution < -0.4 is 5.43 Å². The van der Waals surface area contributed by atoms with Gasteiger partial charge in [0.05, 0.1) is 6.61 Å². The first-order valence-corrected chi connectivity index (χ1v) is 7.37. The Morgan fingerprint density at radius 2 is 1.84 bits per heavy atom. The summed E-state index contributed by atoms with van der Waals surface area (Å²) < 4.78 is 4.73. The standard InChI is InChI=1S/C16H20N2O7/c1-3-25-14(20)13(18(16(23)24)17-15(21)22)12(19)9-8-11-6-4-10(2)5-7-11/h4-9,12-13,17,19H,3H2,1-2H3,(H,21,22)(H,23,24)/b9-8+/t12-,13?/m1/s1. The molecule has 0 radical (unpaired) electrons. The van der Waals surface area contributed by atoms with Crippen LogP contribution in [0.1, 0.15) is 18.1 Å². The lowest BCUT2D eigenvalue weighted by atomic mass is 10.1. The van der Waals surface area contributed by atoms with E-state index in [1.807, 2.05) is 19.1 Å². The number of aliphatic hydroxyl groups is 1. The first-order chi connectivity index (χ1) is 11.8. The maximum absolute atomic E-state index is 12.0. The average Bonchev–Trinajstić information content (AvgIpc) is 2.53. The van der Waals surface area contributed by atoms with Crippen LogP contribution in [0.5, 0.6) is 0 Å². The lowest BCUT2D eigenvalue weighted by Crippen LogP contribution is -2.58. The van der Waals surface area contributed by atoms with Gasteiger partial charge in [-0.2, -0.15) is 5.01 Å². The second-order valence-electron chi connectivity index (χ2n) is 5.03. The number of nitrogens with one attached hydrogen (secondary N) is 1. The minimum atomic E-state index is -1.80. The van der Waals surface area contributed by atoms with Gasteiger partial charge in [-0.15, -0.1) is 0 Å². The van der Waals surface area contributed by atoms with Gasteiger partial charge < -0.3 is 20.1 Å². The largest absolute Gasteiger partial charge is 0.464 e. The zero-order valence-electron chi connectivity index (χ0n) is 13.7. The number of nitrogens with zero attached hydrogens (tertiary/aromatic N) is 1. The van der Waals surface area contributed by atoms with Crippen LogP contribution in [0.2, 0.25) is 0 Å². The quantitative estimate of drug-likeness (QED) is 0.449. The molecule has 9 nitrogen and oxygen atoms in total. The number of carbonyl (C=O) groups is 3. The fourth-order valence-corrected chi connectivity index (χ4v) is 1.96. The molecule has 4 N–H and O–H groups in total. The molecule has 2 amide bonds. The summed E-state index contributed by atoms with van der Waals surface area (Å²) in [6, 6.07) is 5.41. The van der Waals surface area contributed by atoms with Crippen LogP contribution in [0.4, 0.5) is 9.59 Å². The molecule has 0 aliphatic rings. The fourth-order valence-electron chi connectivity index (χ4n) is 1.96. The maximum atomic E-state index is 12.0. The topological polar surface area (TPSA) is 136 Å². The van der Waals surface area contributed by atoms with Crippen LogP contribution >= 0.6 is 0 Å². The predicted octanol–water partition coefficient (Wildman–Crippen LogP) is 1.46. The Labute approximate surface area is 144 Å². The number of amides is 2. The van der Waals surface area contributed by atoms with Crippen molar-refractivity contribution < 1.29 is 34.4 Å². The highest BCUT2D eigenvalue weighted by molar-refractivity contribution is 5.83. The minimum absolute atomic E-state index is 0.0652. The van der Waals surface area contributed by atoms with Crippen LogP contribution in [0, 0.1) is 6.92 Å². The molecule has 1 aromatic carbocycles. The van der Waals surface area contributed by atoms with Crippen LogP contribution in [0.25, 0.3) is 6.08 Å². The summed E-state index contributed by atoms with van der Waals surface area (Å²) >= 11 is 0. The molecule has 0 aromatic heterocycles. The SMILES string of the molecule is CCOC(=O)C([C@H](O)/C=C/c1ccc(C)cc1)N(NC(=O)O)C(=O)O. The maximum Gasteiger partial charge on any atom is 0.427 e. The predicted molar refractivity (Wildman–Crippen MR) is 87.7 cm³/mol. The molecule has 2 atom stereocenters. The number of rotatable bonds is 6. The molecule has 25 heavy (non-hydrogen) atoms. The highest BCUT2D eigenvalue weighted by Gasteiger charge is 2.37. The number of hydrogen-bond donors (Lipinski definition) is 4. The van der Waals surface area contributed by atoms with E-state index in [0.717, 1.165) is 5.56 Å². The zero-order chi connectivity index (χ0) is 19.0. The summed E-state index contributed by atoms with van der Waals surface area (Å²) in [5.41, 5.74) is 3.30. The van der Waals surface area contributed by atoms with Gasteiger partial charge in [0.25, 0.3) is 0 Å². The Bertz CT molecular complexity index is 642. The monoisotopic (exact) mass is 352 g/mol. The minimum Gasteiger partial charge on any atom is -0.464 e. The van der Waals surface area contributed by atoms with Crippen LogP contribution in [0.15, 0.2) is 30.3 Å². The Balaban J connectivity index is 3.07. The van der Waals surface area contributed by atoms with Crippen molar-refractivity contribution in [3.8, 4) is 0 Å². The zero-order valence-corrected chi connectivity index (χ0v) is 13.7. The summed E-state index contributed by atoms with van der Waals surface area (Å²) in [5, 5.41) is 28.2. The number of carboxylic acid groups (broad SMARTS) is 2. The van der Waals surface area contributed by atoms with Gasteiger partial charge in [-0.05, 0) is 19.4 Å². The van der Waals surface area contributed by atoms with Gasteiger partial charge in [-0.25, -0.2) is 19.8 Å². The molecule has 1 rings (SSSR count). The third kappa shape index (κ3) is 6.15. The van der Waals surface area contributed by atoms with E-state index >= 15 is 0 Å². The molecule has 0 aliphatic carbocycles. The number of esters is 1. The number of aryl methyl sites for hydroxylation is 1. The third-order valence-corrected chi connectivity index (χ3v) is 3.12. The van der Waals surface area contributed by atoms with E-state index in [1.54, 1.807) is 17.6 Å². The molecule has 0 aliphatic heterocycles. The number of hydrogen-bond acceptors (Lipinski definition) is 5. The highest BCUT2D eigenvalue weighted by atomic mass is 16.5. The molecule has 0 fully saturated rings. The van der Waals surface area contributed by atoms with Gasteiger partial charge in [-0.1, -0.05) is 42.0 Å². The number of carbonyl (C=O) groups excluding carboxylic acids is 1. The lowest BCUT2D eigenvalue weighted by molar-refractivity contribution is -0.153. The second-order valence-corrected chi connectivity index (χ2v) is 5.03. The first-order valence-electron chi connectivity index (χ1n) is 7.37. The fraction of sp³-hybridized carbons (Fsp3) is 0.312. The van der Waals surface area contributed by atoms with Crippen molar-refractivity contribution in [1.29, 1.82) is 0 Å². The van der Waals surface area contributed by atoms with Crippen molar-refractivity contribution in [3.05, 3.63) is 41.5 Å². The van der Waals surface area contributed by atoms with Crippen molar-refractivity contribution in [2.24, 2.45) is 0 Å². The molecule has 0 bridgehead atoms. The van der Waals surface area contributed by atoms with Crippen molar-refractivity contribution in [3.63, 3.8) is 0 Å². The molecule has 0 heterocycles. The van der Waals surface area contributed by atoms with Crippen molar-refractivity contribution in [2.45, 2.75) is 26.0 Å². The molecule has 0 saturated carbocycles. The van der Waals surface area contributed by atoms with E-state index in [-0.39, 0.29) is 11.6 Å². The summed E-state index contributed by atoms with van der Waals surface area (Å²) in [4.78, 5) is 34.0. The summed E-state index contributed by atoms with van der Waals surface area (Å²) in [6.07, 6.45) is -2.43. The molecular weight excluding hydrogens is 332 g/mol. The molecule has 1 unspecified atom stereocenters. The van der Waals surface area contributed by atoms with Gasteiger partial charge in [0.2, 0.25) is 0 Å². The molecular formula is C16H20N2O7. The molecule has 136 valence electrons. The smallest absolute Gasteiger partial charge is 0.427 e. The van der Waals surface area contributed by atoms with Crippen molar-refractivity contribution in [1.82, 2.24) is 10.4 Å². The van der Waals surface area contributed by atoms with E-state index in [2.05, 4.69) is 0 Å². The number of aliphatic hydroxyl groups excluding tert-OH is 1. The summed E-state index contributed by atoms with van der Waals surface area (Å²) in [5.74, 6) is -1.08. The van der Waals surface area contributed by atoms with E-state index in [4.69, 9.17) is 14.9 Å². The van der Waals surface area contributed by atoms with Gasteiger partial charge in [0, 0.05) is 0 Å². The first kappa shape index (κ1) is 20.0. The molecule has 0 spiro atoms. The van der Waals surface area contributed by atoms with Gasteiger partial charge in [0.1, 0.15) is 6.10 Å². The van der Waals surface area contributed by atoms with Crippen molar-refractivity contribution in [2.75, 3.05) is 6.61 Å². The van der Waals surface area contributed by atoms with E-state index in [9.17, 15) is 19.5 Å².